The van der Waals surface area contributed by atoms with E-state index in [1.807, 2.05) is 6.07 Å². The molecule has 6 heterocycles. The van der Waals surface area contributed by atoms with Gasteiger partial charge in [0, 0.05) is 58.8 Å². The van der Waals surface area contributed by atoms with Crippen molar-refractivity contribution in [3.63, 3.8) is 0 Å². The van der Waals surface area contributed by atoms with Gasteiger partial charge < -0.3 is 25.2 Å². The average Bonchev–Trinajstić information content (AvgIpc) is 3.94. The Hall–Kier alpha value is -4.18. The summed E-state index contributed by atoms with van der Waals surface area (Å²) in [6.45, 7) is 6.02. The van der Waals surface area contributed by atoms with E-state index in [0.717, 1.165) is 71.7 Å². The van der Waals surface area contributed by atoms with Crippen molar-refractivity contribution in [1.82, 2.24) is 9.80 Å². The monoisotopic (exact) mass is 686 g/mol. The van der Waals surface area contributed by atoms with Crippen molar-refractivity contribution in [3.05, 3.63) is 106 Å². The van der Waals surface area contributed by atoms with E-state index in [1.54, 1.807) is 0 Å². The number of carbonyl (C=O) groups excluding carboxylic acids is 2. The maximum absolute atomic E-state index is 13.7. The summed E-state index contributed by atoms with van der Waals surface area (Å²) in [4.78, 5) is 32.2. The number of aliphatic hydroxyl groups excluding tert-OH is 1. The molecule has 0 radical (unpaired) electrons. The van der Waals surface area contributed by atoms with Crippen molar-refractivity contribution in [2.24, 2.45) is 10.8 Å². The molecule has 0 bridgehead atoms. The molecule has 9 heteroatoms. The molecule has 2 saturated heterocycles. The second-order valence-electron chi connectivity index (χ2n) is 16.1. The lowest BCUT2D eigenvalue weighted by Gasteiger charge is -2.59. The number of benzene rings is 2. The summed E-state index contributed by atoms with van der Waals surface area (Å²) in [5.74, 6) is -0.541. The number of esters is 2. The van der Waals surface area contributed by atoms with Crippen molar-refractivity contribution in [2.75, 3.05) is 37.9 Å². The highest BCUT2D eigenvalue weighted by atomic mass is 16.5. The lowest BCUT2D eigenvalue weighted by molar-refractivity contribution is -0.138. The summed E-state index contributed by atoms with van der Waals surface area (Å²) in [7, 11) is 2.96. The van der Waals surface area contributed by atoms with Crippen molar-refractivity contribution < 1.29 is 24.2 Å². The van der Waals surface area contributed by atoms with Gasteiger partial charge in [-0.15, -0.1) is 0 Å². The number of para-hydroxylation sites is 2. The number of aliphatic hydroxyl groups is 1. The summed E-state index contributed by atoms with van der Waals surface area (Å²) < 4.78 is 10.9. The molecule has 2 spiro atoms. The van der Waals surface area contributed by atoms with Crippen molar-refractivity contribution >= 4 is 23.3 Å². The second kappa shape index (κ2) is 10.5. The van der Waals surface area contributed by atoms with Crippen LogP contribution in [0.1, 0.15) is 63.5 Å². The number of hydrogen-bond donors (Lipinski definition) is 3. The number of rotatable bonds is 5. The topological polar surface area (TPSA) is 103 Å². The summed E-state index contributed by atoms with van der Waals surface area (Å²) in [5.41, 5.74) is 7.42. The third-order valence-corrected chi connectivity index (χ3v) is 14.6. The van der Waals surface area contributed by atoms with Crippen LogP contribution >= 0.6 is 0 Å². The maximum Gasteiger partial charge on any atom is 0.335 e. The lowest BCUT2D eigenvalue weighted by Crippen LogP contribution is -2.65. The molecule has 0 aromatic heterocycles. The molecule has 3 N–H and O–H groups in total. The minimum atomic E-state index is -0.777. The summed E-state index contributed by atoms with van der Waals surface area (Å²) in [5, 5.41) is 20.1. The Kier molecular flexibility index (Phi) is 6.47. The van der Waals surface area contributed by atoms with Crippen LogP contribution in [0.4, 0.5) is 11.4 Å². The first-order valence-electron chi connectivity index (χ1n) is 18.7. The fourth-order valence-corrected chi connectivity index (χ4v) is 12.7. The largest absolute Gasteiger partial charge is 0.466 e. The molecule has 2 aliphatic carbocycles. The van der Waals surface area contributed by atoms with Gasteiger partial charge in [0.2, 0.25) is 0 Å². The number of nitrogens with one attached hydrogen (secondary N) is 2. The van der Waals surface area contributed by atoms with Crippen molar-refractivity contribution in [2.45, 2.75) is 87.6 Å². The van der Waals surface area contributed by atoms with E-state index < -0.39 is 22.5 Å². The average molecular weight is 687 g/mol. The molecular weight excluding hydrogens is 640 g/mol. The molecule has 1 unspecified atom stereocenters. The Morgan fingerprint density at radius 2 is 1.29 bits per heavy atom. The molecular formula is C42H46N4O5. The van der Waals surface area contributed by atoms with Crippen molar-refractivity contribution in [3.8, 4) is 0 Å². The van der Waals surface area contributed by atoms with Gasteiger partial charge in [0.25, 0.3) is 0 Å². The minimum Gasteiger partial charge on any atom is -0.466 e. The maximum atomic E-state index is 13.7. The number of nitrogens with zero attached hydrogens (tertiary/aromatic N) is 2. The Labute approximate surface area is 299 Å². The Bertz CT molecular complexity index is 2050. The molecule has 51 heavy (non-hydrogen) atoms. The Balaban J connectivity index is 1.15. The molecule has 10 rings (SSSR count). The van der Waals surface area contributed by atoms with Gasteiger partial charge in [-0.1, -0.05) is 68.5 Å². The zero-order valence-corrected chi connectivity index (χ0v) is 29.8. The second-order valence-corrected chi connectivity index (χ2v) is 16.1. The van der Waals surface area contributed by atoms with Crippen molar-refractivity contribution in [1.29, 1.82) is 0 Å². The van der Waals surface area contributed by atoms with Crippen LogP contribution in [0.15, 0.2) is 94.9 Å². The molecule has 264 valence electrons. The Morgan fingerprint density at radius 1 is 0.784 bits per heavy atom. The number of anilines is 2. The highest BCUT2D eigenvalue weighted by Crippen LogP contribution is 2.68. The van der Waals surface area contributed by atoms with Crippen LogP contribution in [-0.4, -0.2) is 78.5 Å². The molecule has 6 aliphatic heterocycles. The van der Waals surface area contributed by atoms with Gasteiger partial charge in [0.1, 0.15) is 6.23 Å². The third kappa shape index (κ3) is 3.58. The SMILES string of the molecule is CC[C@]12C=C([C@H]3C=C[C@@]4(CC)CC(C(=O)OC)=C5Nc6ccccc6[C@@]56CCN3[C@@H]46)C(O)N3CC[C@]4(C(=C(C(=O)OC)C1)Nc1ccccc14)[C@@H]32. The van der Waals surface area contributed by atoms with Gasteiger partial charge in [0.15, 0.2) is 0 Å². The molecule has 9 nitrogen and oxygen atoms in total. The molecule has 0 saturated carbocycles. The Morgan fingerprint density at radius 3 is 1.84 bits per heavy atom. The lowest BCUT2D eigenvalue weighted by atomic mass is 9.53. The highest BCUT2D eigenvalue weighted by molar-refractivity contribution is 5.94. The normalized spacial score (nSPS) is 38.1. The van der Waals surface area contributed by atoms with E-state index >= 15 is 0 Å². The predicted molar refractivity (Wildman–Crippen MR) is 193 cm³/mol. The van der Waals surface area contributed by atoms with Crippen LogP contribution in [0.2, 0.25) is 0 Å². The predicted octanol–water partition coefficient (Wildman–Crippen LogP) is 5.51. The number of fused-ring (bicyclic) bond motifs is 2. The summed E-state index contributed by atoms with van der Waals surface area (Å²) in [6, 6.07) is 16.9. The van der Waals surface area contributed by atoms with Gasteiger partial charge in [-0.2, -0.15) is 0 Å². The molecule has 2 fully saturated rings. The number of hydrogen-bond acceptors (Lipinski definition) is 9. The van der Waals surface area contributed by atoms with Gasteiger partial charge in [0.05, 0.1) is 42.2 Å². The minimum absolute atomic E-state index is 0.0155. The van der Waals surface area contributed by atoms with E-state index in [9.17, 15) is 14.7 Å². The van der Waals surface area contributed by atoms with Gasteiger partial charge in [-0.25, -0.2) is 9.59 Å². The van der Waals surface area contributed by atoms with Crippen LogP contribution in [-0.2, 0) is 29.9 Å². The standard InChI is InChI=1S/C42H46N4O5/c1-5-39-16-15-31(45-19-17-41(37(39)45)27-11-7-9-13-29(27)43-32(41)25(22-39)35(48)50-3)24-21-40(6-2)23-26(36(49)51-4)33-42(18-20-46(34(24)47)38(40)42)28-12-8-10-14-30(28)44-33/h7-16,21,31,34,37-38,43-44,47H,5-6,17-20,22-23H2,1-4H3/t31-,34?,37+,38+,39+,40+,41+,42+/m1/s1. The van der Waals surface area contributed by atoms with Gasteiger partial charge >= 0.3 is 11.9 Å². The fraction of sp³-hybridized carbons (Fsp3) is 0.476. The molecule has 8 atom stereocenters. The first kappa shape index (κ1) is 31.5. The van der Waals surface area contributed by atoms with Crippen LogP contribution in [0.25, 0.3) is 0 Å². The first-order valence-corrected chi connectivity index (χ1v) is 18.7. The molecule has 2 aromatic carbocycles. The van der Waals surface area contributed by atoms with E-state index in [-0.39, 0.29) is 35.5 Å². The van der Waals surface area contributed by atoms with Crippen LogP contribution in [0.3, 0.4) is 0 Å². The van der Waals surface area contributed by atoms with Crippen LogP contribution in [0, 0.1) is 10.8 Å². The zero-order valence-electron chi connectivity index (χ0n) is 29.8. The zero-order chi connectivity index (χ0) is 35.1. The van der Waals surface area contributed by atoms with Gasteiger partial charge in [-0.3, -0.25) is 9.80 Å². The van der Waals surface area contributed by atoms with Gasteiger partial charge in [-0.05, 0) is 67.4 Å². The number of carbonyl (C=O) groups is 2. The summed E-state index contributed by atoms with van der Waals surface area (Å²) in [6.07, 6.45) is 10.8. The van der Waals surface area contributed by atoms with E-state index in [0.29, 0.717) is 19.4 Å². The van der Waals surface area contributed by atoms with E-state index in [1.165, 1.54) is 25.3 Å². The fourth-order valence-electron chi connectivity index (χ4n) is 12.7. The van der Waals surface area contributed by atoms with Crippen LogP contribution in [0.5, 0.6) is 0 Å². The summed E-state index contributed by atoms with van der Waals surface area (Å²) >= 11 is 0. The smallest absolute Gasteiger partial charge is 0.335 e. The third-order valence-electron chi connectivity index (χ3n) is 14.6. The quantitative estimate of drug-likeness (QED) is 0.278. The van der Waals surface area contributed by atoms with E-state index in [4.69, 9.17) is 9.47 Å². The molecule has 8 aliphatic rings. The van der Waals surface area contributed by atoms with Crippen LogP contribution < -0.4 is 10.6 Å². The molecule has 2 aromatic rings. The highest BCUT2D eigenvalue weighted by Gasteiger charge is 2.70. The molecule has 0 amide bonds. The van der Waals surface area contributed by atoms with E-state index in [2.05, 4.69) is 95.0 Å². The first-order chi connectivity index (χ1) is 24.7. The number of ether oxygens (including phenoxy) is 2. The number of methoxy groups -OCH3 is 2.